The van der Waals surface area contributed by atoms with E-state index in [1.165, 1.54) is 0 Å². The first-order chi connectivity index (χ1) is 8.93. The molecule has 0 radical (unpaired) electrons. The summed E-state index contributed by atoms with van der Waals surface area (Å²) in [5.41, 5.74) is 5.68. The van der Waals surface area contributed by atoms with Gasteiger partial charge in [-0.05, 0) is 39.2 Å². The molecule has 0 aromatic heterocycles. The van der Waals surface area contributed by atoms with Crippen molar-refractivity contribution in [1.82, 2.24) is 8.61 Å². The molecular weight excluding hydrogens is 266 g/mol. The highest BCUT2D eigenvalue weighted by Crippen LogP contribution is 2.23. The number of nitrogens with zero attached hydrogens (tertiary/aromatic N) is 2. The predicted octanol–water partition coefficient (Wildman–Crippen LogP) is 0.0111. The molecule has 0 aliphatic carbocycles. The highest BCUT2D eigenvalue weighted by Gasteiger charge is 2.37. The van der Waals surface area contributed by atoms with Gasteiger partial charge in [-0.2, -0.15) is 17.0 Å². The zero-order valence-corrected chi connectivity index (χ0v) is 12.6. The Hall–Kier alpha value is -0.210. The van der Waals surface area contributed by atoms with Crippen LogP contribution in [-0.4, -0.2) is 62.0 Å². The lowest BCUT2D eigenvalue weighted by molar-refractivity contribution is -0.0457. The average molecular weight is 291 g/mol. The van der Waals surface area contributed by atoms with E-state index in [1.807, 2.05) is 13.8 Å². The molecular formula is C12H25N3O3S. The van der Waals surface area contributed by atoms with Crippen LogP contribution in [0.5, 0.6) is 0 Å². The molecule has 2 N–H and O–H groups in total. The van der Waals surface area contributed by atoms with Crippen molar-refractivity contribution >= 4 is 10.2 Å². The lowest BCUT2D eigenvalue weighted by atomic mass is 10.0. The topological polar surface area (TPSA) is 75.9 Å². The molecule has 6 nitrogen and oxygen atoms in total. The first-order valence-electron chi connectivity index (χ1n) is 7.04. The van der Waals surface area contributed by atoms with Crippen molar-refractivity contribution in [2.75, 3.05) is 32.7 Å². The van der Waals surface area contributed by atoms with Gasteiger partial charge in [-0.3, -0.25) is 0 Å². The fourth-order valence-electron chi connectivity index (χ4n) is 2.91. The maximum atomic E-state index is 12.6. The quantitative estimate of drug-likeness (QED) is 0.795. The van der Waals surface area contributed by atoms with E-state index in [4.69, 9.17) is 10.5 Å². The van der Waals surface area contributed by atoms with Crippen molar-refractivity contribution in [3.05, 3.63) is 0 Å². The van der Waals surface area contributed by atoms with E-state index in [0.717, 1.165) is 12.8 Å². The summed E-state index contributed by atoms with van der Waals surface area (Å²) in [6.07, 6.45) is 1.83. The van der Waals surface area contributed by atoms with Gasteiger partial charge in [-0.25, -0.2) is 0 Å². The van der Waals surface area contributed by atoms with Gasteiger partial charge in [0.2, 0.25) is 0 Å². The third-order valence-corrected chi connectivity index (χ3v) is 5.79. The summed E-state index contributed by atoms with van der Waals surface area (Å²) in [5, 5.41) is 0. The zero-order chi connectivity index (χ0) is 14.0. The molecule has 3 unspecified atom stereocenters. The van der Waals surface area contributed by atoms with E-state index in [9.17, 15) is 8.42 Å². The van der Waals surface area contributed by atoms with Gasteiger partial charge in [0.05, 0.1) is 12.2 Å². The number of rotatable bonds is 3. The second-order valence-electron chi connectivity index (χ2n) is 5.68. The molecule has 3 atom stereocenters. The highest BCUT2D eigenvalue weighted by atomic mass is 32.2. The van der Waals surface area contributed by atoms with Gasteiger partial charge >= 0.3 is 0 Å². The number of nitrogens with two attached hydrogens (primary N) is 1. The normalized spacial score (nSPS) is 35.4. The Morgan fingerprint density at radius 1 is 1.16 bits per heavy atom. The summed E-state index contributed by atoms with van der Waals surface area (Å²) in [5.74, 6) is 0.291. The van der Waals surface area contributed by atoms with Gasteiger partial charge in [0, 0.05) is 26.2 Å². The van der Waals surface area contributed by atoms with Crippen LogP contribution in [0.2, 0.25) is 0 Å². The zero-order valence-electron chi connectivity index (χ0n) is 11.8. The molecule has 2 saturated heterocycles. The van der Waals surface area contributed by atoms with Gasteiger partial charge in [0.25, 0.3) is 10.2 Å². The Morgan fingerprint density at radius 2 is 1.79 bits per heavy atom. The molecule has 19 heavy (non-hydrogen) atoms. The molecule has 2 heterocycles. The van der Waals surface area contributed by atoms with Crippen molar-refractivity contribution in [3.8, 4) is 0 Å². The molecule has 0 bridgehead atoms. The summed E-state index contributed by atoms with van der Waals surface area (Å²) in [7, 11) is -3.36. The van der Waals surface area contributed by atoms with Gasteiger partial charge in [-0.1, -0.05) is 0 Å². The SMILES string of the molecule is CC1CN(S(=O)(=O)N2CCCC(CN)C2)CC(C)O1. The Bertz CT molecular complexity index is 391. The van der Waals surface area contributed by atoms with Crippen LogP contribution in [0.25, 0.3) is 0 Å². The van der Waals surface area contributed by atoms with Crippen LogP contribution in [0.15, 0.2) is 0 Å². The van der Waals surface area contributed by atoms with E-state index < -0.39 is 10.2 Å². The second kappa shape index (κ2) is 6.05. The van der Waals surface area contributed by atoms with Crippen molar-refractivity contribution < 1.29 is 13.2 Å². The molecule has 0 spiro atoms. The summed E-state index contributed by atoms with van der Waals surface area (Å²) in [6.45, 7) is 6.43. The number of piperidine rings is 1. The molecule has 2 rings (SSSR count). The molecule has 2 aliphatic heterocycles. The standard InChI is InChI=1S/C12H25N3O3S/c1-10-7-15(8-11(2)18-10)19(16,17)14-5-3-4-12(6-13)9-14/h10-12H,3-9,13H2,1-2H3. The molecule has 7 heteroatoms. The van der Waals surface area contributed by atoms with Crippen molar-refractivity contribution in [1.29, 1.82) is 0 Å². The largest absolute Gasteiger partial charge is 0.373 e. The van der Waals surface area contributed by atoms with Crippen LogP contribution in [0, 0.1) is 5.92 Å². The minimum Gasteiger partial charge on any atom is -0.373 e. The smallest absolute Gasteiger partial charge is 0.282 e. The number of hydrogen-bond acceptors (Lipinski definition) is 4. The monoisotopic (exact) mass is 291 g/mol. The number of hydrogen-bond donors (Lipinski definition) is 1. The van der Waals surface area contributed by atoms with Crippen LogP contribution < -0.4 is 5.73 Å². The van der Waals surface area contributed by atoms with E-state index in [1.54, 1.807) is 8.61 Å². The Balaban J connectivity index is 2.08. The maximum Gasteiger partial charge on any atom is 0.282 e. The molecule has 0 amide bonds. The number of morpholine rings is 1. The molecule has 112 valence electrons. The third-order valence-electron chi connectivity index (χ3n) is 3.85. The van der Waals surface area contributed by atoms with Crippen molar-refractivity contribution in [3.63, 3.8) is 0 Å². The van der Waals surface area contributed by atoms with Gasteiger partial charge in [0.15, 0.2) is 0 Å². The van der Waals surface area contributed by atoms with E-state index in [0.29, 0.717) is 38.6 Å². The fourth-order valence-corrected chi connectivity index (χ4v) is 4.79. The van der Waals surface area contributed by atoms with Crippen LogP contribution >= 0.6 is 0 Å². The van der Waals surface area contributed by atoms with Gasteiger partial charge < -0.3 is 10.5 Å². The summed E-state index contributed by atoms with van der Waals surface area (Å²) in [4.78, 5) is 0. The minimum absolute atomic E-state index is 0.0476. The first kappa shape index (κ1) is 15.2. The summed E-state index contributed by atoms with van der Waals surface area (Å²) < 4.78 is 34.1. The number of ether oxygens (including phenoxy) is 1. The van der Waals surface area contributed by atoms with Gasteiger partial charge in [-0.15, -0.1) is 0 Å². The van der Waals surface area contributed by atoms with Gasteiger partial charge in [0.1, 0.15) is 0 Å². The van der Waals surface area contributed by atoms with E-state index in [-0.39, 0.29) is 12.2 Å². The second-order valence-corrected chi connectivity index (χ2v) is 7.61. The molecule has 0 aromatic carbocycles. The Kier molecular flexibility index (Phi) is 4.84. The van der Waals surface area contributed by atoms with E-state index in [2.05, 4.69) is 0 Å². The average Bonchev–Trinajstić information content (AvgIpc) is 2.37. The fraction of sp³-hybridized carbons (Fsp3) is 1.00. The van der Waals surface area contributed by atoms with Crippen LogP contribution in [-0.2, 0) is 14.9 Å². The van der Waals surface area contributed by atoms with Crippen LogP contribution in [0.4, 0.5) is 0 Å². The highest BCUT2D eigenvalue weighted by molar-refractivity contribution is 7.86. The van der Waals surface area contributed by atoms with Crippen LogP contribution in [0.1, 0.15) is 26.7 Å². The molecule has 2 aliphatic rings. The third kappa shape index (κ3) is 3.46. The lowest BCUT2D eigenvalue weighted by Gasteiger charge is -2.39. The summed E-state index contributed by atoms with van der Waals surface area (Å²) in [6, 6.07) is 0. The molecule has 0 saturated carbocycles. The molecule has 0 aromatic rings. The molecule has 2 fully saturated rings. The lowest BCUT2D eigenvalue weighted by Crippen LogP contribution is -2.55. The Morgan fingerprint density at radius 3 is 2.37 bits per heavy atom. The Labute approximate surface area is 116 Å². The minimum atomic E-state index is -3.36. The summed E-state index contributed by atoms with van der Waals surface area (Å²) >= 11 is 0. The predicted molar refractivity (Wildman–Crippen MR) is 73.9 cm³/mol. The van der Waals surface area contributed by atoms with Crippen molar-refractivity contribution in [2.45, 2.75) is 38.9 Å². The maximum absolute atomic E-state index is 12.6. The van der Waals surface area contributed by atoms with E-state index >= 15 is 0 Å². The van der Waals surface area contributed by atoms with Crippen LogP contribution in [0.3, 0.4) is 0 Å². The van der Waals surface area contributed by atoms with Crippen molar-refractivity contribution in [2.24, 2.45) is 11.7 Å². The first-order valence-corrected chi connectivity index (χ1v) is 8.44.